The predicted molar refractivity (Wildman–Crippen MR) is 134 cm³/mol. The van der Waals surface area contributed by atoms with Gasteiger partial charge in [0.2, 0.25) is 0 Å². The van der Waals surface area contributed by atoms with Crippen LogP contribution < -0.4 is 0 Å². The monoisotopic (exact) mass is 478 g/mol. The summed E-state index contributed by atoms with van der Waals surface area (Å²) in [6.07, 6.45) is 12.7. The van der Waals surface area contributed by atoms with E-state index >= 15 is 0 Å². The number of carboxylic acids is 2. The van der Waals surface area contributed by atoms with Gasteiger partial charge in [-0.2, -0.15) is 0 Å². The van der Waals surface area contributed by atoms with Crippen molar-refractivity contribution in [3.05, 3.63) is 47.6 Å². The lowest BCUT2D eigenvalue weighted by Crippen LogP contribution is -2.04. The molecule has 0 saturated carbocycles. The second kappa shape index (κ2) is 17.4. The van der Waals surface area contributed by atoms with Crippen molar-refractivity contribution in [2.75, 3.05) is 5.75 Å². The minimum Gasteiger partial charge on any atom is -0.481 e. The predicted octanol–water partition coefficient (Wildman–Crippen LogP) is 5.31. The number of unbranched alkanes of at least 4 members (excludes halogenated alkanes) is 2. The third kappa shape index (κ3) is 14.6. The van der Waals surface area contributed by atoms with Gasteiger partial charge in [0.1, 0.15) is 0 Å². The number of benzene rings is 1. The molecule has 0 amide bonds. The van der Waals surface area contributed by atoms with Crippen LogP contribution in [0.1, 0.15) is 75.8 Å². The molecule has 1 aromatic carbocycles. The topological polar surface area (TPSA) is 115 Å². The Morgan fingerprint density at radius 2 is 1.73 bits per heavy atom. The normalized spacial score (nSPS) is 13.5. The Hall–Kier alpha value is -2.09. The quantitative estimate of drug-likeness (QED) is 0.128. The second-order valence-electron chi connectivity index (χ2n) is 8.13. The van der Waals surface area contributed by atoms with E-state index in [2.05, 4.69) is 6.07 Å². The van der Waals surface area contributed by atoms with Crippen LogP contribution in [0, 0.1) is 0 Å². The third-order valence-corrected chi connectivity index (χ3v) is 6.20. The van der Waals surface area contributed by atoms with Crippen molar-refractivity contribution in [3.8, 4) is 0 Å². The van der Waals surface area contributed by atoms with Gasteiger partial charge >= 0.3 is 11.9 Å². The molecule has 0 radical (unpaired) electrons. The molecule has 0 aliphatic carbocycles. The van der Waals surface area contributed by atoms with Gasteiger partial charge in [-0.3, -0.25) is 9.59 Å². The summed E-state index contributed by atoms with van der Waals surface area (Å²) in [4.78, 5) is 22.5. The maximum atomic E-state index is 10.8. The standard InChI is InChI=1S/C26H38O6S/c1-2-8-22(27)10-6-7-11-23(28)15-13-20-14-16-24(33-18-17-26(31)32)21(19-20)9-4-3-5-12-25(29)30/h6-7,13-16,19,22-23,27-28H,2-5,8-12,17-18H2,1H3,(H,29,30)(H,31,32). The first-order valence-electron chi connectivity index (χ1n) is 11.7. The number of aliphatic hydroxyl groups excluding tert-OH is 2. The largest absolute Gasteiger partial charge is 0.481 e. The average molecular weight is 479 g/mol. The fraction of sp³-hybridized carbons (Fsp3) is 0.538. The van der Waals surface area contributed by atoms with Crippen molar-refractivity contribution in [3.63, 3.8) is 0 Å². The van der Waals surface area contributed by atoms with E-state index in [4.69, 9.17) is 10.2 Å². The third-order valence-electron chi connectivity index (χ3n) is 5.08. The van der Waals surface area contributed by atoms with Crippen LogP contribution in [0.5, 0.6) is 0 Å². The van der Waals surface area contributed by atoms with Crippen LogP contribution in [0.15, 0.2) is 41.3 Å². The van der Waals surface area contributed by atoms with Gasteiger partial charge in [0.15, 0.2) is 0 Å². The molecule has 0 aromatic heterocycles. The van der Waals surface area contributed by atoms with E-state index in [0.717, 1.165) is 48.1 Å². The summed E-state index contributed by atoms with van der Waals surface area (Å²) in [5.41, 5.74) is 2.07. The number of rotatable bonds is 18. The molecule has 7 heteroatoms. The van der Waals surface area contributed by atoms with Gasteiger partial charge < -0.3 is 20.4 Å². The summed E-state index contributed by atoms with van der Waals surface area (Å²) in [6.45, 7) is 2.04. The molecule has 0 fully saturated rings. The Bertz CT molecular complexity index is 774. The Kier molecular flexibility index (Phi) is 15.3. The molecule has 0 saturated heterocycles. The lowest BCUT2D eigenvalue weighted by molar-refractivity contribution is -0.137. The first kappa shape index (κ1) is 28.9. The number of hydrogen-bond acceptors (Lipinski definition) is 5. The van der Waals surface area contributed by atoms with Crippen molar-refractivity contribution in [1.29, 1.82) is 0 Å². The van der Waals surface area contributed by atoms with Gasteiger partial charge in [0, 0.05) is 17.1 Å². The number of carboxylic acid groups (broad SMARTS) is 2. The summed E-state index contributed by atoms with van der Waals surface area (Å²) < 4.78 is 0. The number of aliphatic carboxylic acids is 2. The number of carbonyl (C=O) groups is 2. The van der Waals surface area contributed by atoms with Crippen molar-refractivity contribution in [1.82, 2.24) is 0 Å². The van der Waals surface area contributed by atoms with E-state index in [1.807, 2.05) is 37.3 Å². The highest BCUT2D eigenvalue weighted by molar-refractivity contribution is 7.99. The van der Waals surface area contributed by atoms with Gasteiger partial charge in [-0.15, -0.1) is 11.8 Å². The number of thioether (sulfide) groups is 1. The summed E-state index contributed by atoms with van der Waals surface area (Å²) in [5, 5.41) is 37.6. The molecule has 4 N–H and O–H groups in total. The van der Waals surface area contributed by atoms with E-state index < -0.39 is 18.0 Å². The minimum atomic E-state index is -0.819. The highest BCUT2D eigenvalue weighted by Crippen LogP contribution is 2.27. The van der Waals surface area contributed by atoms with Crippen LogP contribution in [0.25, 0.3) is 6.08 Å². The van der Waals surface area contributed by atoms with Gasteiger partial charge in [0.25, 0.3) is 0 Å². The van der Waals surface area contributed by atoms with Gasteiger partial charge in [0.05, 0.1) is 18.6 Å². The van der Waals surface area contributed by atoms with E-state index in [-0.39, 0.29) is 18.9 Å². The molecule has 1 aromatic rings. The summed E-state index contributed by atoms with van der Waals surface area (Å²) in [5.74, 6) is -1.10. The smallest absolute Gasteiger partial charge is 0.304 e. The van der Waals surface area contributed by atoms with Gasteiger partial charge in [-0.25, -0.2) is 0 Å². The van der Waals surface area contributed by atoms with Crippen LogP contribution in [0.2, 0.25) is 0 Å². The Morgan fingerprint density at radius 3 is 2.42 bits per heavy atom. The first-order valence-corrected chi connectivity index (χ1v) is 12.7. The number of aliphatic hydroxyl groups is 2. The first-order chi connectivity index (χ1) is 15.8. The summed E-state index contributed by atoms with van der Waals surface area (Å²) >= 11 is 1.52. The van der Waals surface area contributed by atoms with E-state index in [0.29, 0.717) is 25.0 Å². The van der Waals surface area contributed by atoms with Crippen LogP contribution >= 0.6 is 11.8 Å². The van der Waals surface area contributed by atoms with Crippen LogP contribution in [0.3, 0.4) is 0 Å². The summed E-state index contributed by atoms with van der Waals surface area (Å²) in [6, 6.07) is 6.00. The fourth-order valence-corrected chi connectivity index (χ4v) is 4.30. The molecular formula is C26H38O6S. The zero-order valence-corrected chi connectivity index (χ0v) is 20.3. The second-order valence-corrected chi connectivity index (χ2v) is 9.26. The zero-order valence-electron chi connectivity index (χ0n) is 19.5. The maximum Gasteiger partial charge on any atom is 0.304 e. The van der Waals surface area contributed by atoms with Crippen molar-refractivity contribution in [2.45, 2.75) is 88.2 Å². The van der Waals surface area contributed by atoms with E-state index in [1.54, 1.807) is 6.08 Å². The Morgan fingerprint density at radius 1 is 1.00 bits per heavy atom. The van der Waals surface area contributed by atoms with Crippen LogP contribution in [-0.4, -0.2) is 50.3 Å². The van der Waals surface area contributed by atoms with Crippen molar-refractivity contribution < 1.29 is 30.0 Å². The van der Waals surface area contributed by atoms with Crippen LogP contribution in [-0.2, 0) is 16.0 Å². The average Bonchev–Trinajstić information content (AvgIpc) is 2.76. The SMILES string of the molecule is CCCC(O)CC=CCC(O)C=Cc1ccc(SCCC(=O)O)c(CCCCCC(=O)O)c1. The molecule has 6 nitrogen and oxygen atoms in total. The molecular weight excluding hydrogens is 440 g/mol. The fourth-order valence-electron chi connectivity index (χ4n) is 3.30. The molecule has 2 unspecified atom stereocenters. The Labute approximate surface area is 201 Å². The lowest BCUT2D eigenvalue weighted by atomic mass is 10.0. The van der Waals surface area contributed by atoms with Gasteiger partial charge in [-0.05, 0) is 55.7 Å². The van der Waals surface area contributed by atoms with E-state index in [1.165, 1.54) is 11.8 Å². The Balaban J connectivity index is 2.69. The number of aryl methyl sites for hydroxylation is 1. The molecule has 0 heterocycles. The van der Waals surface area contributed by atoms with Crippen molar-refractivity contribution >= 4 is 29.8 Å². The zero-order chi connectivity index (χ0) is 24.5. The molecule has 33 heavy (non-hydrogen) atoms. The molecule has 184 valence electrons. The highest BCUT2D eigenvalue weighted by Gasteiger charge is 2.07. The van der Waals surface area contributed by atoms with Crippen LogP contribution in [0.4, 0.5) is 0 Å². The molecule has 0 bridgehead atoms. The van der Waals surface area contributed by atoms with Crippen molar-refractivity contribution in [2.24, 2.45) is 0 Å². The molecule has 0 spiro atoms. The number of hydrogen-bond donors (Lipinski definition) is 4. The lowest BCUT2D eigenvalue weighted by Gasteiger charge is -2.11. The van der Waals surface area contributed by atoms with E-state index in [9.17, 15) is 19.8 Å². The van der Waals surface area contributed by atoms with Gasteiger partial charge in [-0.1, -0.05) is 56.2 Å². The summed E-state index contributed by atoms with van der Waals surface area (Å²) in [7, 11) is 0. The molecule has 0 aliphatic rings. The molecule has 1 rings (SSSR count). The maximum absolute atomic E-state index is 10.8. The minimum absolute atomic E-state index is 0.0968. The molecule has 0 aliphatic heterocycles. The molecule has 2 atom stereocenters. The highest BCUT2D eigenvalue weighted by atomic mass is 32.2.